The maximum Gasteiger partial charge on any atom is 0.137 e. The van der Waals surface area contributed by atoms with E-state index in [1.807, 2.05) is 12.1 Å². The van der Waals surface area contributed by atoms with Gasteiger partial charge in [0.1, 0.15) is 5.75 Å². The minimum atomic E-state index is 0.0495. The molecule has 0 radical (unpaired) electrons. The van der Waals surface area contributed by atoms with Crippen molar-refractivity contribution in [3.05, 3.63) is 28.3 Å². The van der Waals surface area contributed by atoms with E-state index in [9.17, 15) is 0 Å². The summed E-state index contributed by atoms with van der Waals surface area (Å²) in [6, 6.07) is 3.95. The second-order valence-electron chi connectivity index (χ2n) is 4.62. The lowest BCUT2D eigenvalue weighted by molar-refractivity contribution is 0.413. The van der Waals surface area contributed by atoms with Crippen LogP contribution >= 0.6 is 11.6 Å². The Morgan fingerprint density at radius 1 is 1.53 bits per heavy atom. The predicted octanol–water partition coefficient (Wildman–Crippen LogP) is 2.27. The summed E-state index contributed by atoms with van der Waals surface area (Å²) in [4.78, 5) is 0. The van der Waals surface area contributed by atoms with Crippen molar-refractivity contribution in [2.24, 2.45) is 11.7 Å². The van der Waals surface area contributed by atoms with Crippen molar-refractivity contribution in [1.82, 2.24) is 5.32 Å². The van der Waals surface area contributed by atoms with Crippen LogP contribution in [0.1, 0.15) is 23.6 Å². The molecule has 94 valence electrons. The Bertz CT molecular complexity index is 403. The Hall–Kier alpha value is -0.770. The Morgan fingerprint density at radius 3 is 2.88 bits per heavy atom. The van der Waals surface area contributed by atoms with Crippen molar-refractivity contribution in [2.45, 2.75) is 19.4 Å². The molecule has 1 saturated heterocycles. The number of ether oxygens (including phenoxy) is 1. The number of nitrogens with one attached hydrogen (secondary N) is 1. The van der Waals surface area contributed by atoms with Gasteiger partial charge in [0.25, 0.3) is 0 Å². The summed E-state index contributed by atoms with van der Waals surface area (Å²) in [7, 11) is 1.63. The Labute approximate surface area is 107 Å². The van der Waals surface area contributed by atoms with Crippen molar-refractivity contribution in [2.75, 3.05) is 20.2 Å². The third kappa shape index (κ3) is 2.57. The molecule has 0 saturated carbocycles. The number of methoxy groups -OCH3 is 1. The summed E-state index contributed by atoms with van der Waals surface area (Å²) < 4.78 is 5.20. The average Bonchev–Trinajstić information content (AvgIpc) is 2.84. The largest absolute Gasteiger partial charge is 0.495 e. The van der Waals surface area contributed by atoms with Crippen LogP contribution in [-0.2, 0) is 0 Å². The van der Waals surface area contributed by atoms with Crippen molar-refractivity contribution in [3.63, 3.8) is 0 Å². The predicted molar refractivity (Wildman–Crippen MR) is 70.6 cm³/mol. The highest BCUT2D eigenvalue weighted by molar-refractivity contribution is 6.32. The number of hydrogen-bond donors (Lipinski definition) is 2. The lowest BCUT2D eigenvalue weighted by Crippen LogP contribution is -2.24. The highest BCUT2D eigenvalue weighted by atomic mass is 35.5. The molecule has 1 heterocycles. The van der Waals surface area contributed by atoms with Crippen LogP contribution in [0, 0.1) is 12.8 Å². The zero-order chi connectivity index (χ0) is 12.4. The van der Waals surface area contributed by atoms with Gasteiger partial charge in [0.15, 0.2) is 0 Å². The van der Waals surface area contributed by atoms with Gasteiger partial charge in [-0.3, -0.25) is 0 Å². The van der Waals surface area contributed by atoms with Gasteiger partial charge in [-0.05, 0) is 55.6 Å². The third-order valence-electron chi connectivity index (χ3n) is 3.51. The fourth-order valence-corrected chi connectivity index (χ4v) is 2.67. The standard InChI is InChI=1S/C13H19ClN2O/c1-8-5-12(17-2)11(14)6-10(8)13(15)9-3-4-16-7-9/h5-6,9,13,16H,3-4,7,15H2,1-2H3. The number of aryl methyl sites for hydroxylation is 1. The van der Waals surface area contributed by atoms with Crippen LogP contribution in [0.5, 0.6) is 5.75 Å². The molecule has 1 fully saturated rings. The zero-order valence-corrected chi connectivity index (χ0v) is 11.1. The van der Waals surface area contributed by atoms with Crippen LogP contribution in [-0.4, -0.2) is 20.2 Å². The molecule has 3 N–H and O–H groups in total. The average molecular weight is 255 g/mol. The summed E-state index contributed by atoms with van der Waals surface area (Å²) in [5, 5.41) is 3.98. The topological polar surface area (TPSA) is 47.3 Å². The smallest absolute Gasteiger partial charge is 0.137 e. The molecular weight excluding hydrogens is 236 g/mol. The Balaban J connectivity index is 2.28. The quantitative estimate of drug-likeness (QED) is 0.870. The Morgan fingerprint density at radius 2 is 2.29 bits per heavy atom. The number of halogens is 1. The van der Waals surface area contributed by atoms with Gasteiger partial charge in [0.05, 0.1) is 12.1 Å². The fraction of sp³-hybridized carbons (Fsp3) is 0.538. The molecule has 1 aliphatic rings. The number of benzene rings is 1. The van der Waals surface area contributed by atoms with E-state index in [1.54, 1.807) is 7.11 Å². The monoisotopic (exact) mass is 254 g/mol. The molecule has 0 aliphatic carbocycles. The number of rotatable bonds is 3. The molecular formula is C13H19ClN2O. The first-order valence-electron chi connectivity index (χ1n) is 5.94. The summed E-state index contributed by atoms with van der Waals surface area (Å²) in [6.45, 7) is 4.10. The van der Waals surface area contributed by atoms with Crippen molar-refractivity contribution >= 4 is 11.6 Å². The van der Waals surface area contributed by atoms with Gasteiger partial charge < -0.3 is 15.8 Å². The normalized spacial score (nSPS) is 21.5. The second-order valence-corrected chi connectivity index (χ2v) is 5.03. The van der Waals surface area contributed by atoms with Crippen molar-refractivity contribution in [1.29, 1.82) is 0 Å². The third-order valence-corrected chi connectivity index (χ3v) is 3.80. The van der Waals surface area contributed by atoms with E-state index in [0.717, 1.165) is 30.6 Å². The molecule has 1 aromatic carbocycles. The molecule has 2 atom stereocenters. The van der Waals surface area contributed by atoms with E-state index < -0.39 is 0 Å². The lowest BCUT2D eigenvalue weighted by Gasteiger charge is -2.21. The van der Waals surface area contributed by atoms with Gasteiger partial charge in [-0.1, -0.05) is 11.6 Å². The maximum atomic E-state index is 6.32. The van der Waals surface area contributed by atoms with Crippen LogP contribution < -0.4 is 15.8 Å². The van der Waals surface area contributed by atoms with Gasteiger partial charge in [-0.25, -0.2) is 0 Å². The summed E-state index contributed by atoms with van der Waals surface area (Å²) in [5.74, 6) is 1.21. The minimum Gasteiger partial charge on any atom is -0.495 e. The summed E-state index contributed by atoms with van der Waals surface area (Å²) in [5.41, 5.74) is 8.60. The summed E-state index contributed by atoms with van der Waals surface area (Å²) in [6.07, 6.45) is 1.13. The van der Waals surface area contributed by atoms with E-state index in [0.29, 0.717) is 16.7 Å². The molecule has 0 spiro atoms. The molecule has 1 aromatic rings. The Kier molecular flexibility index (Phi) is 3.92. The molecule has 0 aromatic heterocycles. The first-order chi connectivity index (χ1) is 8.13. The lowest BCUT2D eigenvalue weighted by atomic mass is 9.90. The number of hydrogen-bond acceptors (Lipinski definition) is 3. The molecule has 4 heteroatoms. The maximum absolute atomic E-state index is 6.32. The fourth-order valence-electron chi connectivity index (χ4n) is 2.42. The highest BCUT2D eigenvalue weighted by Crippen LogP contribution is 2.33. The van der Waals surface area contributed by atoms with E-state index in [4.69, 9.17) is 22.1 Å². The molecule has 3 nitrogen and oxygen atoms in total. The second kappa shape index (κ2) is 5.25. The van der Waals surface area contributed by atoms with Crippen LogP contribution in [0.3, 0.4) is 0 Å². The molecule has 0 bridgehead atoms. The van der Waals surface area contributed by atoms with Gasteiger partial charge in [-0.2, -0.15) is 0 Å². The number of nitrogens with two attached hydrogens (primary N) is 1. The minimum absolute atomic E-state index is 0.0495. The molecule has 2 rings (SSSR count). The molecule has 2 unspecified atom stereocenters. The first-order valence-corrected chi connectivity index (χ1v) is 6.31. The van der Waals surface area contributed by atoms with Crippen LogP contribution in [0.2, 0.25) is 5.02 Å². The van der Waals surface area contributed by atoms with Crippen LogP contribution in [0.25, 0.3) is 0 Å². The molecule has 1 aliphatic heterocycles. The van der Waals surface area contributed by atoms with Gasteiger partial charge in [0, 0.05) is 6.04 Å². The van der Waals surface area contributed by atoms with Gasteiger partial charge in [0.2, 0.25) is 0 Å². The van der Waals surface area contributed by atoms with E-state index in [1.165, 1.54) is 0 Å². The van der Waals surface area contributed by atoms with Gasteiger partial charge in [-0.15, -0.1) is 0 Å². The van der Waals surface area contributed by atoms with Crippen LogP contribution in [0.4, 0.5) is 0 Å². The summed E-state index contributed by atoms with van der Waals surface area (Å²) >= 11 is 6.16. The zero-order valence-electron chi connectivity index (χ0n) is 10.3. The van der Waals surface area contributed by atoms with E-state index >= 15 is 0 Å². The SMILES string of the molecule is COc1cc(C)c(C(N)C2CCNC2)cc1Cl. The van der Waals surface area contributed by atoms with E-state index in [2.05, 4.69) is 12.2 Å². The highest BCUT2D eigenvalue weighted by Gasteiger charge is 2.24. The van der Waals surface area contributed by atoms with E-state index in [-0.39, 0.29) is 6.04 Å². The van der Waals surface area contributed by atoms with Gasteiger partial charge >= 0.3 is 0 Å². The molecule has 0 amide bonds. The van der Waals surface area contributed by atoms with Crippen molar-refractivity contribution in [3.8, 4) is 5.75 Å². The van der Waals surface area contributed by atoms with Crippen molar-refractivity contribution < 1.29 is 4.74 Å². The first kappa shape index (κ1) is 12.7. The van der Waals surface area contributed by atoms with Crippen LogP contribution in [0.15, 0.2) is 12.1 Å². The molecule has 17 heavy (non-hydrogen) atoms.